The highest BCUT2D eigenvalue weighted by Gasteiger charge is 2.31. The van der Waals surface area contributed by atoms with E-state index in [9.17, 15) is 4.79 Å². The normalized spacial score (nSPS) is 15.6. The van der Waals surface area contributed by atoms with Crippen molar-refractivity contribution in [2.24, 2.45) is 0 Å². The smallest absolute Gasteiger partial charge is 0.347 e. The molecule has 180 valence electrons. The molecule has 34 heavy (non-hydrogen) atoms. The predicted octanol–water partition coefficient (Wildman–Crippen LogP) is 8.54. The van der Waals surface area contributed by atoms with Crippen molar-refractivity contribution >= 4 is 29.2 Å². The number of carbonyl (C=O) groups is 1. The summed E-state index contributed by atoms with van der Waals surface area (Å²) in [7, 11) is -1.64. The standard InChI is InChI=1S/C29H33BrO3S/c1-4-27(29(31)32-23-13-11-12-14-23)33-28-21(2)19-26(20-22(28)3)34(30,24-15-7-5-8-16-24)25-17-9-6-10-18-25/h5-10,15-20,23,27H,4,11-14H2,1-3H3. The minimum absolute atomic E-state index is 0.0454. The number of esters is 1. The molecule has 0 heterocycles. The summed E-state index contributed by atoms with van der Waals surface area (Å²) in [6.07, 6.45) is 4.22. The third-order valence-electron chi connectivity index (χ3n) is 6.37. The average molecular weight is 542 g/mol. The maximum Gasteiger partial charge on any atom is 0.347 e. The Morgan fingerprint density at radius 2 is 1.41 bits per heavy atom. The summed E-state index contributed by atoms with van der Waals surface area (Å²) in [4.78, 5) is 16.5. The molecule has 0 radical (unpaired) electrons. The van der Waals surface area contributed by atoms with Crippen LogP contribution >= 0.6 is 23.3 Å². The lowest BCUT2D eigenvalue weighted by Crippen LogP contribution is -2.31. The van der Waals surface area contributed by atoms with E-state index in [0.717, 1.165) is 42.6 Å². The van der Waals surface area contributed by atoms with Gasteiger partial charge in [0.05, 0.1) is 0 Å². The third-order valence-corrected chi connectivity index (χ3v) is 12.5. The fourth-order valence-electron chi connectivity index (χ4n) is 4.57. The minimum atomic E-state index is -1.64. The van der Waals surface area contributed by atoms with Crippen LogP contribution in [0.4, 0.5) is 0 Å². The summed E-state index contributed by atoms with van der Waals surface area (Å²) in [6.45, 7) is 6.09. The highest BCUT2D eigenvalue weighted by molar-refractivity contribution is 9.58. The van der Waals surface area contributed by atoms with Crippen molar-refractivity contribution in [1.29, 1.82) is 0 Å². The maximum atomic E-state index is 12.8. The Morgan fingerprint density at radius 3 is 1.88 bits per heavy atom. The van der Waals surface area contributed by atoms with Gasteiger partial charge in [0.1, 0.15) is 11.9 Å². The number of aryl methyl sites for hydroxylation is 2. The minimum Gasteiger partial charge on any atom is -0.478 e. The van der Waals surface area contributed by atoms with Gasteiger partial charge in [-0.05, 0) is 108 Å². The van der Waals surface area contributed by atoms with Gasteiger partial charge in [0, 0.05) is 14.7 Å². The van der Waals surface area contributed by atoms with E-state index < -0.39 is 14.6 Å². The van der Waals surface area contributed by atoms with Crippen LogP contribution in [0.25, 0.3) is 0 Å². The van der Waals surface area contributed by atoms with Crippen LogP contribution in [0, 0.1) is 13.8 Å². The number of hydrogen-bond donors (Lipinski definition) is 0. The lowest BCUT2D eigenvalue weighted by molar-refractivity contribution is -0.157. The van der Waals surface area contributed by atoms with Crippen LogP contribution in [0.2, 0.25) is 0 Å². The van der Waals surface area contributed by atoms with Gasteiger partial charge >= 0.3 is 5.97 Å². The first-order valence-corrected chi connectivity index (χ1v) is 15.5. The van der Waals surface area contributed by atoms with Gasteiger partial charge in [0.2, 0.25) is 0 Å². The second-order valence-corrected chi connectivity index (χ2v) is 14.3. The van der Waals surface area contributed by atoms with E-state index in [-0.39, 0.29) is 12.1 Å². The zero-order valence-electron chi connectivity index (χ0n) is 20.1. The van der Waals surface area contributed by atoms with Crippen LogP contribution in [-0.4, -0.2) is 18.2 Å². The molecule has 1 aliphatic carbocycles. The molecule has 1 atom stereocenters. The van der Waals surface area contributed by atoms with E-state index in [1.807, 2.05) is 19.1 Å². The molecule has 0 saturated heterocycles. The van der Waals surface area contributed by atoms with Gasteiger partial charge in [0.25, 0.3) is 0 Å². The molecule has 1 aliphatic rings. The molecule has 3 aromatic carbocycles. The Morgan fingerprint density at radius 1 is 0.912 bits per heavy atom. The van der Waals surface area contributed by atoms with Crippen LogP contribution < -0.4 is 4.74 Å². The van der Waals surface area contributed by atoms with Crippen molar-refractivity contribution in [3.63, 3.8) is 0 Å². The van der Waals surface area contributed by atoms with Gasteiger partial charge in [0.15, 0.2) is 6.10 Å². The summed E-state index contributed by atoms with van der Waals surface area (Å²) in [5.41, 5.74) is 2.04. The number of hydrogen-bond acceptors (Lipinski definition) is 3. The lowest BCUT2D eigenvalue weighted by atomic mass is 10.1. The zero-order valence-corrected chi connectivity index (χ0v) is 22.5. The van der Waals surface area contributed by atoms with Gasteiger partial charge in [-0.2, -0.15) is 0 Å². The molecule has 0 aromatic heterocycles. The maximum absolute atomic E-state index is 12.8. The van der Waals surface area contributed by atoms with Crippen LogP contribution in [-0.2, 0) is 9.53 Å². The monoisotopic (exact) mass is 540 g/mol. The molecule has 1 unspecified atom stereocenters. The number of benzene rings is 3. The summed E-state index contributed by atoms with van der Waals surface area (Å²) in [5.74, 6) is 0.528. The van der Waals surface area contributed by atoms with Gasteiger partial charge in [-0.25, -0.2) is 4.79 Å². The zero-order chi connectivity index (χ0) is 24.1. The van der Waals surface area contributed by atoms with Crippen LogP contribution in [0.15, 0.2) is 87.5 Å². The Labute approximate surface area is 212 Å². The largest absolute Gasteiger partial charge is 0.478 e. The van der Waals surface area contributed by atoms with E-state index in [4.69, 9.17) is 9.47 Å². The van der Waals surface area contributed by atoms with Gasteiger partial charge in [-0.1, -0.05) is 43.3 Å². The molecule has 3 aromatic rings. The van der Waals surface area contributed by atoms with Crippen molar-refractivity contribution < 1.29 is 14.3 Å². The van der Waals surface area contributed by atoms with E-state index in [1.54, 1.807) is 0 Å². The number of carbonyl (C=O) groups excluding carboxylic acids is 1. The highest BCUT2D eigenvalue weighted by Crippen LogP contribution is 2.74. The molecule has 1 fully saturated rings. The molecule has 0 bridgehead atoms. The van der Waals surface area contributed by atoms with Gasteiger partial charge in [-0.3, -0.25) is 0 Å². The second kappa shape index (κ2) is 11.0. The Hall–Kier alpha value is -2.24. The summed E-state index contributed by atoms with van der Waals surface area (Å²) < 4.78 is 12.0. The highest BCUT2D eigenvalue weighted by atomic mass is 79.9. The van der Waals surface area contributed by atoms with Crippen molar-refractivity contribution in [1.82, 2.24) is 0 Å². The van der Waals surface area contributed by atoms with E-state index in [0.29, 0.717) is 6.42 Å². The quantitative estimate of drug-likeness (QED) is 0.268. The Kier molecular flexibility index (Phi) is 8.05. The molecule has 0 amide bonds. The first-order chi connectivity index (χ1) is 16.4. The van der Waals surface area contributed by atoms with Crippen molar-refractivity contribution in [2.75, 3.05) is 0 Å². The molecule has 3 nitrogen and oxygen atoms in total. The fourth-order valence-corrected chi connectivity index (χ4v) is 8.98. The molecular formula is C29H33BrO3S. The number of halogens is 1. The molecule has 0 N–H and O–H groups in total. The summed E-state index contributed by atoms with van der Waals surface area (Å²) in [6, 6.07) is 25.5. The molecule has 4 rings (SSSR count). The number of rotatable bonds is 8. The molecule has 5 heteroatoms. The van der Waals surface area contributed by atoms with Crippen LogP contribution in [0.5, 0.6) is 5.75 Å². The summed E-state index contributed by atoms with van der Waals surface area (Å²) >= 11 is 4.21. The van der Waals surface area contributed by atoms with E-state index in [1.165, 1.54) is 14.7 Å². The van der Waals surface area contributed by atoms with Crippen molar-refractivity contribution in [2.45, 2.75) is 79.8 Å². The second-order valence-electron chi connectivity index (χ2n) is 8.91. The topological polar surface area (TPSA) is 35.5 Å². The van der Waals surface area contributed by atoms with Crippen molar-refractivity contribution in [3.05, 3.63) is 83.9 Å². The fraction of sp³-hybridized carbons (Fsp3) is 0.345. The third kappa shape index (κ3) is 5.21. The molecule has 1 saturated carbocycles. The van der Waals surface area contributed by atoms with Gasteiger partial charge in [-0.15, -0.1) is 8.46 Å². The Bertz CT molecular complexity index is 1050. The summed E-state index contributed by atoms with van der Waals surface area (Å²) in [5, 5.41) is 0. The first-order valence-electron chi connectivity index (χ1n) is 12.0. The number of ether oxygens (including phenoxy) is 2. The SMILES string of the molecule is CCC(Oc1c(C)cc(S(Br)(c2ccccc2)c2ccccc2)cc1C)C(=O)OC1CCCC1. The van der Waals surface area contributed by atoms with Crippen LogP contribution in [0.1, 0.15) is 50.2 Å². The lowest BCUT2D eigenvalue weighted by Gasteiger charge is -2.36. The molecular weight excluding hydrogens is 508 g/mol. The predicted molar refractivity (Wildman–Crippen MR) is 143 cm³/mol. The van der Waals surface area contributed by atoms with E-state index >= 15 is 0 Å². The molecule has 0 aliphatic heterocycles. The van der Waals surface area contributed by atoms with Crippen molar-refractivity contribution in [3.8, 4) is 5.75 Å². The van der Waals surface area contributed by atoms with E-state index in [2.05, 4.69) is 89.3 Å². The van der Waals surface area contributed by atoms with Crippen LogP contribution in [0.3, 0.4) is 0 Å². The first kappa shape index (κ1) is 24.9. The average Bonchev–Trinajstić information content (AvgIpc) is 3.37. The Balaban J connectivity index is 1.67. The van der Waals surface area contributed by atoms with Gasteiger partial charge < -0.3 is 9.47 Å². The molecule has 0 spiro atoms.